The van der Waals surface area contributed by atoms with E-state index >= 15 is 0 Å². The van der Waals surface area contributed by atoms with Crippen LogP contribution in [0.1, 0.15) is 21.7 Å². The van der Waals surface area contributed by atoms with E-state index in [0.717, 1.165) is 40.5 Å². The molecule has 0 atom stereocenters. The Kier molecular flexibility index (Phi) is 4.66. The zero-order chi connectivity index (χ0) is 20.7. The molecule has 1 aliphatic rings. The average Bonchev–Trinajstić information content (AvgIpc) is 3.38. The van der Waals surface area contributed by atoms with Gasteiger partial charge in [0, 0.05) is 37.4 Å². The smallest absolute Gasteiger partial charge is 0.254 e. The fourth-order valence-corrected chi connectivity index (χ4v) is 4.49. The number of piperazine rings is 1. The number of anilines is 1. The first kappa shape index (κ1) is 18.7. The van der Waals surface area contributed by atoms with Gasteiger partial charge in [-0.05, 0) is 50.2 Å². The number of hydrogen-bond donors (Lipinski definition) is 0. The largest absolute Gasteiger partial charge is 0.352 e. The molecule has 1 fully saturated rings. The molecule has 0 N–H and O–H groups in total. The lowest BCUT2D eigenvalue weighted by atomic mass is 10.1. The van der Waals surface area contributed by atoms with Gasteiger partial charge in [0.25, 0.3) is 5.91 Å². The summed E-state index contributed by atoms with van der Waals surface area (Å²) in [7, 11) is 0. The van der Waals surface area contributed by atoms with Gasteiger partial charge in [0.05, 0.1) is 21.4 Å². The van der Waals surface area contributed by atoms with Crippen LogP contribution in [0.4, 0.5) is 5.82 Å². The molecule has 0 saturated carbocycles. The molecule has 0 spiro atoms. The van der Waals surface area contributed by atoms with Crippen molar-refractivity contribution in [2.45, 2.75) is 13.8 Å². The van der Waals surface area contributed by atoms with Crippen LogP contribution < -0.4 is 4.90 Å². The Labute approximate surface area is 177 Å². The molecule has 1 amide bonds. The van der Waals surface area contributed by atoms with Crippen molar-refractivity contribution >= 4 is 33.3 Å². The van der Waals surface area contributed by atoms with Crippen LogP contribution in [0.25, 0.3) is 16.0 Å². The second-order valence-electron chi connectivity index (χ2n) is 7.40. The number of fused-ring (bicyclic) bond motifs is 1. The Morgan fingerprint density at radius 2 is 1.73 bits per heavy atom. The Morgan fingerprint density at radius 3 is 2.43 bits per heavy atom. The number of hydrogen-bond acceptors (Lipinski definition) is 7. The highest BCUT2D eigenvalue weighted by molar-refractivity contribution is 7.16. The number of rotatable bonds is 3. The van der Waals surface area contributed by atoms with Crippen LogP contribution in [0.2, 0.25) is 0 Å². The van der Waals surface area contributed by atoms with E-state index in [0.29, 0.717) is 24.5 Å². The molecule has 9 heteroatoms. The van der Waals surface area contributed by atoms with Crippen molar-refractivity contribution in [3.8, 4) is 5.82 Å². The highest BCUT2D eigenvalue weighted by Crippen LogP contribution is 2.21. The molecule has 0 radical (unpaired) electrons. The molecule has 0 aliphatic carbocycles. The maximum Gasteiger partial charge on any atom is 0.254 e. The molecule has 1 saturated heterocycles. The van der Waals surface area contributed by atoms with E-state index in [-0.39, 0.29) is 5.91 Å². The molecule has 4 aromatic rings. The van der Waals surface area contributed by atoms with Crippen LogP contribution >= 0.6 is 11.3 Å². The zero-order valence-electron chi connectivity index (χ0n) is 16.8. The van der Waals surface area contributed by atoms with E-state index in [1.54, 1.807) is 21.5 Å². The first-order valence-corrected chi connectivity index (χ1v) is 10.7. The van der Waals surface area contributed by atoms with Gasteiger partial charge in [-0.15, -0.1) is 21.5 Å². The van der Waals surface area contributed by atoms with Gasteiger partial charge in [-0.3, -0.25) is 4.79 Å². The lowest BCUT2D eigenvalue weighted by Gasteiger charge is -2.35. The third-order valence-electron chi connectivity index (χ3n) is 5.33. The molecule has 3 aromatic heterocycles. The number of aryl methyl sites for hydroxylation is 2. The predicted octanol–water partition coefficient (Wildman–Crippen LogP) is 2.85. The maximum absolute atomic E-state index is 12.9. The van der Waals surface area contributed by atoms with E-state index < -0.39 is 0 Å². The Morgan fingerprint density at radius 1 is 0.967 bits per heavy atom. The minimum Gasteiger partial charge on any atom is -0.352 e. The Bertz CT molecular complexity index is 1210. The van der Waals surface area contributed by atoms with Crippen molar-refractivity contribution < 1.29 is 4.79 Å². The van der Waals surface area contributed by atoms with Gasteiger partial charge in [0.15, 0.2) is 11.6 Å². The van der Waals surface area contributed by atoms with Crippen LogP contribution in [0.3, 0.4) is 0 Å². The van der Waals surface area contributed by atoms with Crippen LogP contribution in [0, 0.1) is 13.8 Å². The topological polar surface area (TPSA) is 80.0 Å². The summed E-state index contributed by atoms with van der Waals surface area (Å²) in [6.45, 7) is 6.71. The van der Waals surface area contributed by atoms with Gasteiger partial charge in [-0.2, -0.15) is 5.10 Å². The van der Waals surface area contributed by atoms with Crippen LogP contribution in [0.5, 0.6) is 0 Å². The number of carbonyl (C=O) groups excluding carboxylic acids is 1. The first-order chi connectivity index (χ1) is 14.6. The van der Waals surface area contributed by atoms with Crippen molar-refractivity contribution in [2.75, 3.05) is 31.1 Å². The van der Waals surface area contributed by atoms with Crippen molar-refractivity contribution in [3.63, 3.8) is 0 Å². The van der Waals surface area contributed by atoms with Gasteiger partial charge < -0.3 is 9.80 Å². The van der Waals surface area contributed by atoms with E-state index in [1.807, 2.05) is 55.1 Å². The lowest BCUT2D eigenvalue weighted by molar-refractivity contribution is 0.0746. The Balaban J connectivity index is 1.25. The quantitative estimate of drug-likeness (QED) is 0.508. The van der Waals surface area contributed by atoms with Gasteiger partial charge in [0.1, 0.15) is 0 Å². The minimum absolute atomic E-state index is 0.0657. The summed E-state index contributed by atoms with van der Waals surface area (Å²) in [5.74, 6) is 1.59. The van der Waals surface area contributed by atoms with E-state index in [4.69, 9.17) is 0 Å². The third kappa shape index (κ3) is 3.41. The fraction of sp³-hybridized carbons (Fsp3) is 0.286. The van der Waals surface area contributed by atoms with Crippen molar-refractivity contribution in [1.29, 1.82) is 0 Å². The van der Waals surface area contributed by atoms with Crippen molar-refractivity contribution in [1.82, 2.24) is 29.9 Å². The van der Waals surface area contributed by atoms with Crippen LogP contribution in [-0.2, 0) is 0 Å². The average molecular weight is 420 g/mol. The molecular formula is C21H21N7OS. The number of benzene rings is 1. The summed E-state index contributed by atoms with van der Waals surface area (Å²) in [6, 6.07) is 11.6. The molecular weight excluding hydrogens is 398 g/mol. The fourth-order valence-electron chi connectivity index (χ4n) is 3.77. The molecule has 0 unspecified atom stereocenters. The number of carbonyl (C=O) groups is 1. The summed E-state index contributed by atoms with van der Waals surface area (Å²) in [5.41, 5.74) is 5.43. The van der Waals surface area contributed by atoms with Gasteiger partial charge in [-0.1, -0.05) is 0 Å². The predicted molar refractivity (Wildman–Crippen MR) is 116 cm³/mol. The summed E-state index contributed by atoms with van der Waals surface area (Å²) in [6.07, 6.45) is 0. The highest BCUT2D eigenvalue weighted by Gasteiger charge is 2.23. The number of nitrogens with zero attached hydrogens (tertiary/aromatic N) is 7. The summed E-state index contributed by atoms with van der Waals surface area (Å²) in [4.78, 5) is 21.2. The van der Waals surface area contributed by atoms with E-state index in [1.165, 1.54) is 0 Å². The molecule has 5 rings (SSSR count). The van der Waals surface area contributed by atoms with Gasteiger partial charge in [-0.25, -0.2) is 9.67 Å². The highest BCUT2D eigenvalue weighted by atomic mass is 32.1. The second-order valence-corrected chi connectivity index (χ2v) is 8.29. The number of thiazole rings is 1. The van der Waals surface area contributed by atoms with Crippen LogP contribution in [0.15, 0.2) is 41.9 Å². The minimum atomic E-state index is 0.0657. The Hall–Kier alpha value is -3.33. The maximum atomic E-state index is 12.9. The summed E-state index contributed by atoms with van der Waals surface area (Å²) in [5, 5.41) is 13.2. The SMILES string of the molecule is Cc1cc(C)n(-c2ccc(N3CCN(C(=O)c4ccc5ncsc5c4)CC3)nn2)n1. The standard InChI is InChI=1S/C21H21N7OS/c1-14-11-15(2)28(25-14)20-6-5-19(23-24-20)26-7-9-27(10-8-26)21(29)16-3-4-17-18(12-16)30-13-22-17/h3-6,11-13H,7-10H2,1-2H3. The summed E-state index contributed by atoms with van der Waals surface area (Å²) >= 11 is 1.55. The normalized spacial score (nSPS) is 14.5. The number of aromatic nitrogens is 5. The summed E-state index contributed by atoms with van der Waals surface area (Å²) < 4.78 is 2.83. The van der Waals surface area contributed by atoms with Crippen molar-refractivity contribution in [2.24, 2.45) is 0 Å². The van der Waals surface area contributed by atoms with Crippen molar-refractivity contribution in [3.05, 3.63) is 58.9 Å². The third-order valence-corrected chi connectivity index (χ3v) is 6.12. The molecule has 152 valence electrons. The lowest BCUT2D eigenvalue weighted by Crippen LogP contribution is -2.49. The molecule has 4 heterocycles. The molecule has 1 aliphatic heterocycles. The zero-order valence-corrected chi connectivity index (χ0v) is 17.6. The first-order valence-electron chi connectivity index (χ1n) is 9.83. The number of amides is 1. The molecule has 0 bridgehead atoms. The van der Waals surface area contributed by atoms with E-state index in [2.05, 4.69) is 25.2 Å². The molecule has 30 heavy (non-hydrogen) atoms. The van der Waals surface area contributed by atoms with Gasteiger partial charge in [0.2, 0.25) is 0 Å². The monoisotopic (exact) mass is 419 g/mol. The van der Waals surface area contributed by atoms with Gasteiger partial charge >= 0.3 is 0 Å². The second kappa shape index (κ2) is 7.49. The van der Waals surface area contributed by atoms with Crippen LogP contribution in [-0.4, -0.2) is 61.9 Å². The van der Waals surface area contributed by atoms with E-state index in [9.17, 15) is 4.79 Å². The molecule has 1 aromatic carbocycles. The molecule has 8 nitrogen and oxygen atoms in total.